The van der Waals surface area contributed by atoms with E-state index in [2.05, 4.69) is 4.90 Å². The van der Waals surface area contributed by atoms with Crippen LogP contribution in [0, 0.1) is 10.1 Å². The zero-order chi connectivity index (χ0) is 21.1. The average molecular weight is 404 g/mol. The van der Waals surface area contributed by atoms with Gasteiger partial charge in [0.05, 0.1) is 4.92 Å². The standard InChI is InChI=1S/C24H24N2O4/c27-22-14-13-21(26(29)30)16-18(22)17-25-15-7-12-23(25)24(28,19-8-3-1-4-9-19)20-10-5-2-6-11-20/h1-6,8-11,13-14,16,23,27-28H,7,12,15,17H2/t23-/m0/s1. The molecule has 154 valence electrons. The summed E-state index contributed by atoms with van der Waals surface area (Å²) in [4.78, 5) is 12.8. The molecule has 0 unspecified atom stereocenters. The van der Waals surface area contributed by atoms with Gasteiger partial charge in [0.2, 0.25) is 0 Å². The minimum Gasteiger partial charge on any atom is -0.508 e. The molecule has 1 saturated heterocycles. The Morgan fingerprint density at radius 3 is 2.17 bits per heavy atom. The minimum absolute atomic E-state index is 0.0224. The highest BCUT2D eigenvalue weighted by molar-refractivity contribution is 5.43. The number of nitro groups is 1. The zero-order valence-corrected chi connectivity index (χ0v) is 16.5. The van der Waals surface area contributed by atoms with Gasteiger partial charge in [0, 0.05) is 30.3 Å². The first-order valence-electron chi connectivity index (χ1n) is 10.0. The number of non-ortho nitro benzene ring substituents is 1. The predicted molar refractivity (Wildman–Crippen MR) is 114 cm³/mol. The molecule has 1 aliphatic heterocycles. The molecule has 0 spiro atoms. The van der Waals surface area contributed by atoms with Gasteiger partial charge in [-0.3, -0.25) is 15.0 Å². The Bertz CT molecular complexity index is 984. The van der Waals surface area contributed by atoms with E-state index in [9.17, 15) is 20.3 Å². The molecule has 1 aliphatic rings. The summed E-state index contributed by atoms with van der Waals surface area (Å²) in [6, 6.07) is 23.0. The first kappa shape index (κ1) is 20.1. The van der Waals surface area contributed by atoms with Crippen molar-refractivity contribution in [2.45, 2.75) is 31.0 Å². The smallest absolute Gasteiger partial charge is 0.270 e. The van der Waals surface area contributed by atoms with E-state index < -0.39 is 10.5 Å². The second-order valence-electron chi connectivity index (χ2n) is 7.70. The Morgan fingerprint density at radius 2 is 1.60 bits per heavy atom. The van der Waals surface area contributed by atoms with E-state index in [-0.39, 0.29) is 17.5 Å². The van der Waals surface area contributed by atoms with Crippen molar-refractivity contribution in [3.05, 3.63) is 106 Å². The van der Waals surface area contributed by atoms with Crippen LogP contribution in [0.4, 0.5) is 5.69 Å². The molecule has 3 aromatic rings. The van der Waals surface area contributed by atoms with Crippen LogP contribution in [0.5, 0.6) is 5.75 Å². The maximum absolute atomic E-state index is 12.1. The largest absolute Gasteiger partial charge is 0.508 e. The average Bonchev–Trinajstić information content (AvgIpc) is 3.24. The number of rotatable bonds is 6. The Kier molecular flexibility index (Phi) is 5.53. The summed E-state index contributed by atoms with van der Waals surface area (Å²) >= 11 is 0. The van der Waals surface area contributed by atoms with Crippen molar-refractivity contribution in [1.82, 2.24) is 4.90 Å². The van der Waals surface area contributed by atoms with E-state index in [1.54, 1.807) is 0 Å². The molecule has 0 aromatic heterocycles. The second kappa shape index (κ2) is 8.26. The number of likely N-dealkylation sites (tertiary alicyclic amines) is 1. The summed E-state index contributed by atoms with van der Waals surface area (Å²) in [6.45, 7) is 1.05. The lowest BCUT2D eigenvalue weighted by molar-refractivity contribution is -0.385. The van der Waals surface area contributed by atoms with Crippen molar-refractivity contribution >= 4 is 5.69 Å². The lowest BCUT2D eigenvalue weighted by Gasteiger charge is -2.40. The minimum atomic E-state index is -1.24. The highest BCUT2D eigenvalue weighted by atomic mass is 16.6. The van der Waals surface area contributed by atoms with Gasteiger partial charge in [0.15, 0.2) is 0 Å². The number of aromatic hydroxyl groups is 1. The SMILES string of the molecule is O=[N+]([O-])c1ccc(O)c(CN2CCC[C@H]2C(O)(c2ccccc2)c2ccccc2)c1. The molecular weight excluding hydrogens is 380 g/mol. The Hall–Kier alpha value is -3.22. The lowest BCUT2D eigenvalue weighted by atomic mass is 9.79. The van der Waals surface area contributed by atoms with E-state index in [0.29, 0.717) is 12.1 Å². The van der Waals surface area contributed by atoms with Crippen LogP contribution in [-0.2, 0) is 12.1 Å². The van der Waals surface area contributed by atoms with Gasteiger partial charge in [-0.15, -0.1) is 0 Å². The predicted octanol–water partition coefficient (Wildman–Crippen LogP) is 4.20. The third-order valence-corrected chi connectivity index (χ3v) is 5.92. The van der Waals surface area contributed by atoms with Crippen LogP contribution in [0.15, 0.2) is 78.9 Å². The molecule has 1 fully saturated rings. The monoisotopic (exact) mass is 404 g/mol. The molecule has 3 aromatic carbocycles. The fourth-order valence-electron chi connectivity index (χ4n) is 4.46. The zero-order valence-electron chi connectivity index (χ0n) is 16.5. The van der Waals surface area contributed by atoms with E-state index >= 15 is 0 Å². The third-order valence-electron chi connectivity index (χ3n) is 5.92. The maximum atomic E-state index is 12.1. The molecule has 0 radical (unpaired) electrons. The molecular formula is C24H24N2O4. The molecule has 0 aliphatic carbocycles. The summed E-state index contributed by atoms with van der Waals surface area (Å²) in [5.41, 5.74) is 0.794. The van der Waals surface area contributed by atoms with Crippen LogP contribution in [0.3, 0.4) is 0 Å². The first-order chi connectivity index (χ1) is 14.5. The van der Waals surface area contributed by atoms with Gasteiger partial charge in [-0.2, -0.15) is 0 Å². The van der Waals surface area contributed by atoms with E-state index in [0.717, 1.165) is 30.5 Å². The van der Waals surface area contributed by atoms with Crippen LogP contribution in [0.1, 0.15) is 29.5 Å². The summed E-state index contributed by atoms with van der Waals surface area (Å²) in [5.74, 6) is 0.0224. The van der Waals surface area contributed by atoms with Crippen molar-refractivity contribution in [3.63, 3.8) is 0 Å². The maximum Gasteiger partial charge on any atom is 0.270 e. The van der Waals surface area contributed by atoms with Gasteiger partial charge >= 0.3 is 0 Å². The molecule has 6 nitrogen and oxygen atoms in total. The van der Waals surface area contributed by atoms with Gasteiger partial charge in [-0.05, 0) is 36.6 Å². The van der Waals surface area contributed by atoms with Crippen LogP contribution in [0.2, 0.25) is 0 Å². The van der Waals surface area contributed by atoms with Crippen molar-refractivity contribution in [2.24, 2.45) is 0 Å². The number of hydrogen-bond acceptors (Lipinski definition) is 5. The normalized spacial score (nSPS) is 17.2. The lowest BCUT2D eigenvalue weighted by Crippen LogP contribution is -2.48. The summed E-state index contributed by atoms with van der Waals surface area (Å²) in [6.07, 6.45) is 1.66. The number of nitrogens with zero attached hydrogens (tertiary/aromatic N) is 2. The molecule has 6 heteroatoms. The van der Waals surface area contributed by atoms with Crippen molar-refractivity contribution in [3.8, 4) is 5.75 Å². The van der Waals surface area contributed by atoms with Gasteiger partial charge in [-0.25, -0.2) is 0 Å². The first-order valence-corrected chi connectivity index (χ1v) is 10.0. The van der Waals surface area contributed by atoms with E-state index in [4.69, 9.17) is 0 Å². The number of phenolic OH excluding ortho intramolecular Hbond substituents is 1. The van der Waals surface area contributed by atoms with Crippen LogP contribution < -0.4 is 0 Å². The molecule has 4 rings (SSSR count). The Morgan fingerprint density at radius 1 is 1.00 bits per heavy atom. The van der Waals surface area contributed by atoms with Gasteiger partial charge in [0.1, 0.15) is 11.4 Å². The molecule has 1 heterocycles. The van der Waals surface area contributed by atoms with Crippen molar-refractivity contribution in [1.29, 1.82) is 0 Å². The number of phenols is 1. The second-order valence-corrected chi connectivity index (χ2v) is 7.70. The van der Waals surface area contributed by atoms with Crippen molar-refractivity contribution in [2.75, 3.05) is 6.54 Å². The molecule has 0 saturated carbocycles. The number of nitro benzene ring substituents is 1. The summed E-state index contributed by atoms with van der Waals surface area (Å²) in [5, 5.41) is 33.6. The van der Waals surface area contributed by atoms with E-state index in [1.807, 2.05) is 60.7 Å². The molecule has 2 N–H and O–H groups in total. The van der Waals surface area contributed by atoms with Gasteiger partial charge < -0.3 is 10.2 Å². The van der Waals surface area contributed by atoms with Crippen LogP contribution in [0.25, 0.3) is 0 Å². The summed E-state index contributed by atoms with van der Waals surface area (Å²) < 4.78 is 0. The van der Waals surface area contributed by atoms with Gasteiger partial charge in [0.25, 0.3) is 5.69 Å². The fraction of sp³-hybridized carbons (Fsp3) is 0.250. The highest BCUT2D eigenvalue weighted by Crippen LogP contribution is 2.41. The number of aliphatic hydroxyl groups is 1. The van der Waals surface area contributed by atoms with E-state index in [1.165, 1.54) is 18.2 Å². The fourth-order valence-corrected chi connectivity index (χ4v) is 4.46. The van der Waals surface area contributed by atoms with Crippen molar-refractivity contribution < 1.29 is 15.1 Å². The number of benzene rings is 3. The van der Waals surface area contributed by atoms with Gasteiger partial charge in [-0.1, -0.05) is 60.7 Å². The topological polar surface area (TPSA) is 86.8 Å². The van der Waals surface area contributed by atoms with Crippen LogP contribution in [-0.4, -0.2) is 32.6 Å². The molecule has 30 heavy (non-hydrogen) atoms. The Labute approximate surface area is 175 Å². The third kappa shape index (κ3) is 3.67. The molecule has 0 amide bonds. The Balaban J connectivity index is 1.73. The summed E-state index contributed by atoms with van der Waals surface area (Å²) in [7, 11) is 0. The molecule has 0 bridgehead atoms. The highest BCUT2D eigenvalue weighted by Gasteiger charge is 2.45. The quantitative estimate of drug-likeness (QED) is 0.475. The number of hydrogen-bond donors (Lipinski definition) is 2. The van der Waals surface area contributed by atoms with Crippen LogP contribution >= 0.6 is 0 Å². The molecule has 1 atom stereocenters.